The van der Waals surface area contributed by atoms with Gasteiger partial charge in [-0.2, -0.15) is 0 Å². The van der Waals surface area contributed by atoms with Crippen LogP contribution in [0.5, 0.6) is 5.75 Å². The van der Waals surface area contributed by atoms with E-state index < -0.39 is 12.1 Å². The predicted octanol–water partition coefficient (Wildman–Crippen LogP) is 6.74. The van der Waals surface area contributed by atoms with E-state index >= 15 is 0 Å². The van der Waals surface area contributed by atoms with Crippen molar-refractivity contribution in [2.24, 2.45) is 5.92 Å². The molecule has 4 nitrogen and oxygen atoms in total. The Morgan fingerprint density at radius 2 is 1.61 bits per heavy atom. The number of esters is 1. The minimum Gasteiger partial charge on any atom is -0.494 e. The van der Waals surface area contributed by atoms with Crippen LogP contribution in [0.3, 0.4) is 0 Å². The van der Waals surface area contributed by atoms with Crippen LogP contribution in [-0.4, -0.2) is 24.5 Å². The lowest BCUT2D eigenvalue weighted by Gasteiger charge is -2.29. The molecule has 0 N–H and O–H groups in total. The van der Waals surface area contributed by atoms with Crippen LogP contribution in [0, 0.1) is 5.92 Å². The number of benzene rings is 3. The van der Waals surface area contributed by atoms with Crippen LogP contribution in [0.2, 0.25) is 0 Å². The van der Waals surface area contributed by atoms with E-state index in [1.54, 1.807) is 18.2 Å². The highest BCUT2D eigenvalue weighted by Gasteiger charge is 2.34. The quantitative estimate of drug-likeness (QED) is 0.286. The van der Waals surface area contributed by atoms with Gasteiger partial charge < -0.3 is 9.47 Å². The zero-order chi connectivity index (χ0) is 23.0. The molecule has 0 spiro atoms. The summed E-state index contributed by atoms with van der Waals surface area (Å²) in [6, 6.07) is 24.2. The second-order valence-corrected chi connectivity index (χ2v) is 8.46. The Morgan fingerprint density at radius 3 is 2.36 bits per heavy atom. The maximum atomic E-state index is 13.4. The molecule has 0 saturated heterocycles. The smallest absolute Gasteiger partial charge is 0.339 e. The maximum Gasteiger partial charge on any atom is 0.339 e. The number of ether oxygens (including phenoxy) is 2. The van der Waals surface area contributed by atoms with E-state index in [1.807, 2.05) is 67.6 Å². The largest absolute Gasteiger partial charge is 0.494 e. The third kappa shape index (κ3) is 5.51. The van der Waals surface area contributed by atoms with Gasteiger partial charge in [0.15, 0.2) is 6.10 Å². The Hall–Kier alpha value is -3.40. The molecule has 4 heteroatoms. The highest BCUT2D eigenvalue weighted by atomic mass is 16.5. The van der Waals surface area contributed by atoms with Gasteiger partial charge in [-0.05, 0) is 49.1 Å². The molecule has 0 amide bonds. The van der Waals surface area contributed by atoms with Crippen LogP contribution in [0.4, 0.5) is 0 Å². The first kappa shape index (κ1) is 22.8. The van der Waals surface area contributed by atoms with E-state index in [-0.39, 0.29) is 11.7 Å². The van der Waals surface area contributed by atoms with Gasteiger partial charge in [0, 0.05) is 11.5 Å². The maximum absolute atomic E-state index is 13.4. The summed E-state index contributed by atoms with van der Waals surface area (Å²) in [6.07, 6.45) is 4.30. The first-order chi connectivity index (χ1) is 16.2. The molecule has 1 atom stereocenters. The monoisotopic (exact) mass is 442 g/mol. The molecule has 3 aromatic carbocycles. The lowest BCUT2D eigenvalue weighted by Crippen LogP contribution is -2.36. The molecule has 1 unspecified atom stereocenters. The minimum atomic E-state index is -0.775. The average Bonchev–Trinajstić information content (AvgIpc) is 2.88. The lowest BCUT2D eigenvalue weighted by molar-refractivity contribution is 0.0103. The highest BCUT2D eigenvalue weighted by Crippen LogP contribution is 2.32. The molecule has 0 aliphatic heterocycles. The van der Waals surface area contributed by atoms with Crippen LogP contribution in [0.15, 0.2) is 78.9 Å². The Kier molecular flexibility index (Phi) is 7.56. The molecule has 1 aliphatic carbocycles. The summed E-state index contributed by atoms with van der Waals surface area (Å²) in [6.45, 7) is 2.50. The van der Waals surface area contributed by atoms with Crippen molar-refractivity contribution in [1.82, 2.24) is 0 Å². The zero-order valence-electron chi connectivity index (χ0n) is 19.0. The first-order valence-electron chi connectivity index (χ1n) is 11.8. The first-order valence-corrected chi connectivity index (χ1v) is 11.8. The van der Waals surface area contributed by atoms with E-state index in [2.05, 4.69) is 0 Å². The van der Waals surface area contributed by atoms with E-state index in [1.165, 1.54) is 0 Å². The van der Waals surface area contributed by atoms with Gasteiger partial charge in [-0.3, -0.25) is 4.79 Å². The van der Waals surface area contributed by atoms with Gasteiger partial charge in [-0.15, -0.1) is 0 Å². The Balaban J connectivity index is 1.63. The average molecular weight is 443 g/mol. The van der Waals surface area contributed by atoms with Crippen LogP contribution in [0.1, 0.15) is 59.7 Å². The molecule has 33 heavy (non-hydrogen) atoms. The van der Waals surface area contributed by atoms with Gasteiger partial charge in [0.2, 0.25) is 5.78 Å². The van der Waals surface area contributed by atoms with Gasteiger partial charge in [-0.1, -0.05) is 79.9 Å². The molecular weight excluding hydrogens is 412 g/mol. The molecule has 0 heterocycles. The molecule has 0 aromatic heterocycles. The van der Waals surface area contributed by atoms with E-state index in [0.29, 0.717) is 17.7 Å². The van der Waals surface area contributed by atoms with Crippen molar-refractivity contribution in [2.75, 3.05) is 6.61 Å². The summed E-state index contributed by atoms with van der Waals surface area (Å²) in [7, 11) is 0. The fraction of sp³-hybridized carbons (Fsp3) is 0.310. The van der Waals surface area contributed by atoms with Crippen LogP contribution < -0.4 is 4.74 Å². The van der Waals surface area contributed by atoms with Crippen molar-refractivity contribution >= 4 is 11.8 Å². The summed E-state index contributed by atoms with van der Waals surface area (Å²) < 4.78 is 11.6. The van der Waals surface area contributed by atoms with Gasteiger partial charge in [0.1, 0.15) is 5.75 Å². The van der Waals surface area contributed by atoms with Crippen molar-refractivity contribution in [3.05, 3.63) is 90.0 Å². The predicted molar refractivity (Wildman–Crippen MR) is 130 cm³/mol. The van der Waals surface area contributed by atoms with Gasteiger partial charge >= 0.3 is 5.97 Å². The molecule has 0 bridgehead atoms. The van der Waals surface area contributed by atoms with Crippen molar-refractivity contribution in [1.29, 1.82) is 0 Å². The van der Waals surface area contributed by atoms with Crippen molar-refractivity contribution in [3.63, 3.8) is 0 Å². The highest BCUT2D eigenvalue weighted by molar-refractivity contribution is 6.03. The molecule has 1 aliphatic rings. The SMILES string of the molecule is CCOc1cccc(-c2ccccc2C(=O)OC(C(=O)c2ccccc2)C2CCCCC2)c1. The Bertz CT molecular complexity index is 1080. The van der Waals surface area contributed by atoms with Crippen molar-refractivity contribution in [3.8, 4) is 16.9 Å². The van der Waals surface area contributed by atoms with Crippen molar-refractivity contribution < 1.29 is 19.1 Å². The summed E-state index contributed by atoms with van der Waals surface area (Å²) in [5, 5.41) is 0. The second-order valence-electron chi connectivity index (χ2n) is 8.46. The van der Waals surface area contributed by atoms with E-state index in [9.17, 15) is 9.59 Å². The summed E-state index contributed by atoms with van der Waals surface area (Å²) in [5.41, 5.74) is 2.67. The minimum absolute atomic E-state index is 0.0452. The summed E-state index contributed by atoms with van der Waals surface area (Å²) >= 11 is 0. The molecule has 1 fully saturated rings. The van der Waals surface area contributed by atoms with Crippen LogP contribution >= 0.6 is 0 Å². The Morgan fingerprint density at radius 1 is 0.879 bits per heavy atom. The zero-order valence-corrected chi connectivity index (χ0v) is 19.0. The van der Waals surface area contributed by atoms with E-state index in [4.69, 9.17) is 9.47 Å². The summed E-state index contributed by atoms with van der Waals surface area (Å²) in [5.74, 6) is 0.209. The number of carbonyl (C=O) groups excluding carboxylic acids is 2. The Labute approximate surface area is 195 Å². The third-order valence-electron chi connectivity index (χ3n) is 6.23. The number of carbonyl (C=O) groups is 2. The molecular formula is C29H30O4. The number of hydrogen-bond acceptors (Lipinski definition) is 4. The number of rotatable bonds is 8. The van der Waals surface area contributed by atoms with Gasteiger partial charge in [0.05, 0.1) is 12.2 Å². The number of Topliss-reactive ketones (excluding diaryl/α,β-unsaturated/α-hetero) is 1. The van der Waals surface area contributed by atoms with Crippen LogP contribution in [0.25, 0.3) is 11.1 Å². The molecule has 4 rings (SSSR count). The van der Waals surface area contributed by atoms with Gasteiger partial charge in [0.25, 0.3) is 0 Å². The molecule has 0 radical (unpaired) electrons. The van der Waals surface area contributed by atoms with Gasteiger partial charge in [-0.25, -0.2) is 4.79 Å². The second kappa shape index (κ2) is 11.0. The number of hydrogen-bond donors (Lipinski definition) is 0. The molecule has 3 aromatic rings. The standard InChI is InChI=1S/C29H30O4/c1-2-32-24-17-11-16-23(20-24)25-18-9-10-19-26(25)29(31)33-28(22-14-7-4-8-15-22)27(30)21-12-5-3-6-13-21/h3,5-6,9-13,16-20,22,28H,2,4,7-8,14-15H2,1H3. The third-order valence-corrected chi connectivity index (χ3v) is 6.23. The van der Waals surface area contributed by atoms with Crippen LogP contribution in [-0.2, 0) is 4.74 Å². The van der Waals surface area contributed by atoms with E-state index in [0.717, 1.165) is 49.0 Å². The fourth-order valence-electron chi connectivity index (χ4n) is 4.58. The fourth-order valence-corrected chi connectivity index (χ4v) is 4.58. The molecule has 1 saturated carbocycles. The van der Waals surface area contributed by atoms with Crippen molar-refractivity contribution in [2.45, 2.75) is 45.1 Å². The molecule has 170 valence electrons. The lowest BCUT2D eigenvalue weighted by atomic mass is 9.82. The number of ketones is 1. The summed E-state index contributed by atoms with van der Waals surface area (Å²) in [4.78, 5) is 26.8. The topological polar surface area (TPSA) is 52.6 Å². The normalized spacial score (nSPS) is 14.9.